The zero-order valence-electron chi connectivity index (χ0n) is 16.7. The predicted octanol–water partition coefficient (Wildman–Crippen LogP) is 2.84. The van der Waals surface area contributed by atoms with Crippen molar-refractivity contribution in [2.45, 2.75) is 6.54 Å². The van der Waals surface area contributed by atoms with E-state index in [0.717, 1.165) is 20.5 Å². The molecule has 0 spiro atoms. The summed E-state index contributed by atoms with van der Waals surface area (Å²) in [7, 11) is 0. The smallest absolute Gasteiger partial charge is 0.255 e. The second-order valence-corrected chi connectivity index (χ2v) is 8.52. The van der Waals surface area contributed by atoms with Crippen LogP contribution in [-0.4, -0.2) is 61.9 Å². The van der Waals surface area contributed by atoms with Crippen LogP contribution in [0.25, 0.3) is 11.2 Å². The van der Waals surface area contributed by atoms with Crippen molar-refractivity contribution >= 4 is 45.5 Å². The van der Waals surface area contributed by atoms with Crippen LogP contribution in [0.5, 0.6) is 0 Å². The van der Waals surface area contributed by atoms with Crippen molar-refractivity contribution in [2.24, 2.45) is 0 Å². The number of fused-ring (bicyclic) bond motifs is 1. The van der Waals surface area contributed by atoms with E-state index in [4.69, 9.17) is 0 Å². The van der Waals surface area contributed by atoms with E-state index < -0.39 is 0 Å². The lowest BCUT2D eigenvalue weighted by Crippen LogP contribution is -2.49. The molecule has 8 nitrogen and oxygen atoms in total. The van der Waals surface area contributed by atoms with Crippen molar-refractivity contribution in [1.82, 2.24) is 29.9 Å². The first-order valence-corrected chi connectivity index (χ1v) is 11.2. The molecule has 4 aromatic rings. The highest BCUT2D eigenvalue weighted by Gasteiger charge is 2.26. The molecule has 31 heavy (non-hydrogen) atoms. The molecule has 1 fully saturated rings. The number of hydrogen-bond donors (Lipinski definition) is 0. The second kappa shape index (κ2) is 8.58. The molecule has 0 N–H and O–H groups in total. The molecule has 156 valence electrons. The van der Waals surface area contributed by atoms with Crippen LogP contribution >= 0.6 is 22.6 Å². The average Bonchev–Trinajstić information content (AvgIpc) is 3.23. The molecule has 3 heterocycles. The summed E-state index contributed by atoms with van der Waals surface area (Å²) in [5.41, 5.74) is 3.30. The van der Waals surface area contributed by atoms with Crippen LogP contribution in [-0.2, 0) is 6.54 Å². The summed E-state index contributed by atoms with van der Waals surface area (Å²) in [6.45, 7) is 3.24. The van der Waals surface area contributed by atoms with E-state index in [9.17, 15) is 4.79 Å². The number of carbonyl (C=O) groups excluding carboxylic acids is 1. The lowest BCUT2D eigenvalue weighted by atomic mass is 10.2. The van der Waals surface area contributed by atoms with Gasteiger partial charge in [0.2, 0.25) is 0 Å². The van der Waals surface area contributed by atoms with Crippen molar-refractivity contribution < 1.29 is 4.79 Å². The van der Waals surface area contributed by atoms with Crippen LogP contribution in [0, 0.1) is 3.57 Å². The molecule has 0 bridgehead atoms. The SMILES string of the molecule is O=C(c1ccccc1I)N1CCN(c2ncnc3c2nnn3Cc2ccccc2)CC1. The van der Waals surface area contributed by atoms with E-state index in [1.54, 1.807) is 11.0 Å². The number of piperazine rings is 1. The molecule has 0 unspecified atom stereocenters. The Bertz CT molecular complexity index is 1220. The van der Waals surface area contributed by atoms with E-state index in [1.165, 1.54) is 0 Å². The minimum absolute atomic E-state index is 0.0753. The summed E-state index contributed by atoms with van der Waals surface area (Å²) in [4.78, 5) is 25.9. The minimum Gasteiger partial charge on any atom is -0.351 e. The predicted molar refractivity (Wildman–Crippen MR) is 126 cm³/mol. The van der Waals surface area contributed by atoms with Gasteiger partial charge in [-0.15, -0.1) is 5.10 Å². The molecule has 1 saturated heterocycles. The number of halogens is 1. The standard InChI is InChI=1S/C22H20IN7O/c23-18-9-5-4-8-17(18)22(31)29-12-10-28(11-13-29)20-19-21(25-15-24-20)30(27-26-19)14-16-6-2-1-3-7-16/h1-9,15H,10-14H2. The van der Waals surface area contributed by atoms with E-state index in [1.807, 2.05) is 47.4 Å². The fraction of sp³-hybridized carbons (Fsp3) is 0.227. The van der Waals surface area contributed by atoms with E-state index >= 15 is 0 Å². The number of anilines is 1. The fourth-order valence-corrected chi connectivity index (χ4v) is 4.42. The summed E-state index contributed by atoms with van der Waals surface area (Å²) in [6, 6.07) is 17.8. The van der Waals surface area contributed by atoms with Gasteiger partial charge in [0.05, 0.1) is 12.1 Å². The van der Waals surface area contributed by atoms with Gasteiger partial charge in [-0.1, -0.05) is 47.7 Å². The molecule has 2 aromatic heterocycles. The number of aromatic nitrogens is 5. The zero-order chi connectivity index (χ0) is 21.2. The highest BCUT2D eigenvalue weighted by Crippen LogP contribution is 2.23. The van der Waals surface area contributed by atoms with Gasteiger partial charge in [-0.2, -0.15) is 0 Å². The molecule has 0 atom stereocenters. The molecule has 0 aliphatic carbocycles. The van der Waals surface area contributed by atoms with Gasteiger partial charge in [0.1, 0.15) is 6.33 Å². The van der Waals surface area contributed by atoms with Gasteiger partial charge < -0.3 is 9.80 Å². The Morgan fingerprint density at radius 1 is 0.935 bits per heavy atom. The molecule has 0 saturated carbocycles. The Kier molecular flexibility index (Phi) is 5.49. The third-order valence-electron chi connectivity index (χ3n) is 5.43. The van der Waals surface area contributed by atoms with E-state index in [-0.39, 0.29) is 5.91 Å². The topological polar surface area (TPSA) is 80.0 Å². The Morgan fingerprint density at radius 2 is 1.68 bits per heavy atom. The molecule has 9 heteroatoms. The number of nitrogens with zero attached hydrogens (tertiary/aromatic N) is 7. The van der Waals surface area contributed by atoms with Crippen LogP contribution in [0.3, 0.4) is 0 Å². The van der Waals surface area contributed by atoms with Gasteiger partial charge in [-0.05, 0) is 40.3 Å². The Morgan fingerprint density at radius 3 is 2.45 bits per heavy atom. The van der Waals surface area contributed by atoms with Gasteiger partial charge in [-0.3, -0.25) is 4.79 Å². The van der Waals surface area contributed by atoms with Gasteiger partial charge >= 0.3 is 0 Å². The number of benzene rings is 2. The summed E-state index contributed by atoms with van der Waals surface area (Å²) < 4.78 is 2.77. The Balaban J connectivity index is 1.33. The van der Waals surface area contributed by atoms with Crippen LogP contribution in [0.15, 0.2) is 60.9 Å². The number of amides is 1. The number of carbonyl (C=O) groups is 1. The first-order chi connectivity index (χ1) is 15.2. The summed E-state index contributed by atoms with van der Waals surface area (Å²) in [5, 5.41) is 8.68. The second-order valence-electron chi connectivity index (χ2n) is 7.36. The van der Waals surface area contributed by atoms with Gasteiger partial charge in [0, 0.05) is 29.7 Å². The molecule has 1 aliphatic heterocycles. The van der Waals surface area contributed by atoms with Gasteiger partial charge in [0.25, 0.3) is 5.91 Å². The monoisotopic (exact) mass is 525 g/mol. The van der Waals surface area contributed by atoms with Crippen molar-refractivity contribution in [3.05, 3.63) is 75.6 Å². The summed E-state index contributed by atoms with van der Waals surface area (Å²) in [5.74, 6) is 0.844. The van der Waals surface area contributed by atoms with E-state index in [0.29, 0.717) is 43.9 Å². The summed E-state index contributed by atoms with van der Waals surface area (Å²) >= 11 is 2.21. The lowest BCUT2D eigenvalue weighted by Gasteiger charge is -2.35. The van der Waals surface area contributed by atoms with Gasteiger partial charge in [0.15, 0.2) is 17.0 Å². The maximum Gasteiger partial charge on any atom is 0.255 e. The van der Waals surface area contributed by atoms with Crippen LogP contribution in [0.1, 0.15) is 15.9 Å². The maximum absolute atomic E-state index is 12.9. The van der Waals surface area contributed by atoms with Crippen LogP contribution in [0.2, 0.25) is 0 Å². The molecule has 5 rings (SSSR count). The summed E-state index contributed by atoms with van der Waals surface area (Å²) in [6.07, 6.45) is 1.56. The van der Waals surface area contributed by atoms with Crippen LogP contribution in [0.4, 0.5) is 5.82 Å². The number of rotatable bonds is 4. The normalized spacial score (nSPS) is 14.2. The molecule has 0 radical (unpaired) electrons. The minimum atomic E-state index is 0.0753. The van der Waals surface area contributed by atoms with Gasteiger partial charge in [-0.25, -0.2) is 14.6 Å². The average molecular weight is 525 g/mol. The van der Waals surface area contributed by atoms with Crippen molar-refractivity contribution in [3.63, 3.8) is 0 Å². The molecule has 1 amide bonds. The molecular weight excluding hydrogens is 505 g/mol. The molecule has 2 aromatic carbocycles. The highest BCUT2D eigenvalue weighted by atomic mass is 127. The quantitative estimate of drug-likeness (QED) is 0.382. The fourth-order valence-electron chi connectivity index (χ4n) is 3.80. The Labute approximate surface area is 193 Å². The third-order valence-corrected chi connectivity index (χ3v) is 6.37. The highest BCUT2D eigenvalue weighted by molar-refractivity contribution is 14.1. The van der Waals surface area contributed by atoms with E-state index in [2.05, 4.69) is 59.9 Å². The van der Waals surface area contributed by atoms with Crippen molar-refractivity contribution in [3.8, 4) is 0 Å². The Hall–Kier alpha value is -3.08. The van der Waals surface area contributed by atoms with Crippen molar-refractivity contribution in [2.75, 3.05) is 31.1 Å². The third kappa shape index (κ3) is 3.97. The van der Waals surface area contributed by atoms with Crippen molar-refractivity contribution in [1.29, 1.82) is 0 Å². The molecule has 1 aliphatic rings. The van der Waals surface area contributed by atoms with Crippen LogP contribution < -0.4 is 4.90 Å². The maximum atomic E-state index is 12.9. The largest absolute Gasteiger partial charge is 0.351 e. The number of hydrogen-bond acceptors (Lipinski definition) is 6. The zero-order valence-corrected chi connectivity index (χ0v) is 18.9. The lowest BCUT2D eigenvalue weighted by molar-refractivity contribution is 0.0745. The molecular formula is C22H20IN7O. The first-order valence-electron chi connectivity index (χ1n) is 10.1. The first kappa shape index (κ1) is 19.9.